The number of piperazine rings is 1. The van der Waals surface area contributed by atoms with Gasteiger partial charge in [-0.3, -0.25) is 0 Å². The van der Waals surface area contributed by atoms with Gasteiger partial charge in [-0.25, -0.2) is 9.37 Å². The van der Waals surface area contributed by atoms with Gasteiger partial charge in [0.1, 0.15) is 11.3 Å². The summed E-state index contributed by atoms with van der Waals surface area (Å²) in [6, 6.07) is 8.35. The van der Waals surface area contributed by atoms with Gasteiger partial charge in [-0.05, 0) is 82.2 Å². The van der Waals surface area contributed by atoms with E-state index in [1.165, 1.54) is 5.56 Å². The molecule has 3 aromatic rings. The maximum atomic E-state index is 14.3. The average molecular weight is 453 g/mol. The minimum Gasteiger partial charge on any atom is -0.383 e. The third kappa shape index (κ3) is 5.31. The van der Waals surface area contributed by atoms with Crippen LogP contribution >= 0.6 is 0 Å². The minimum atomic E-state index is -0.114. The van der Waals surface area contributed by atoms with Crippen molar-refractivity contribution in [3.05, 3.63) is 52.3 Å². The maximum absolute atomic E-state index is 14.3. The van der Waals surface area contributed by atoms with Crippen LogP contribution in [-0.2, 0) is 6.54 Å². The molecule has 1 fully saturated rings. The SMILES string of the molecule is Cc1cc(NCCCN(C)C)c2nc(N3CCNCC3)n(Cc3cc(C)c(F)c(C)c3)c2c1. The lowest BCUT2D eigenvalue weighted by atomic mass is 10.1. The van der Waals surface area contributed by atoms with Gasteiger partial charge in [0, 0.05) is 32.7 Å². The Bertz CT molecular complexity index is 1090. The molecule has 7 heteroatoms. The number of fused-ring (bicyclic) bond motifs is 1. The van der Waals surface area contributed by atoms with Crippen LogP contribution in [-0.4, -0.2) is 67.8 Å². The minimum absolute atomic E-state index is 0.114. The maximum Gasteiger partial charge on any atom is 0.207 e. The quantitative estimate of drug-likeness (QED) is 0.508. The van der Waals surface area contributed by atoms with Gasteiger partial charge in [-0.15, -0.1) is 0 Å². The van der Waals surface area contributed by atoms with Crippen molar-refractivity contribution < 1.29 is 4.39 Å². The predicted molar refractivity (Wildman–Crippen MR) is 136 cm³/mol. The second kappa shape index (κ2) is 10.1. The van der Waals surface area contributed by atoms with Crippen molar-refractivity contribution in [2.75, 3.05) is 63.6 Å². The first-order valence-corrected chi connectivity index (χ1v) is 11.9. The van der Waals surface area contributed by atoms with E-state index in [0.29, 0.717) is 17.7 Å². The predicted octanol–water partition coefficient (Wildman–Crippen LogP) is 3.92. The molecule has 1 aliphatic heterocycles. The van der Waals surface area contributed by atoms with Crippen LogP contribution in [0.3, 0.4) is 0 Å². The number of anilines is 2. The van der Waals surface area contributed by atoms with Crippen LogP contribution in [0, 0.1) is 26.6 Å². The molecule has 2 heterocycles. The molecule has 1 aromatic heterocycles. The van der Waals surface area contributed by atoms with Crippen LogP contribution in [0.15, 0.2) is 24.3 Å². The number of imidazole rings is 1. The van der Waals surface area contributed by atoms with Crippen LogP contribution in [0.2, 0.25) is 0 Å². The number of hydrogen-bond donors (Lipinski definition) is 2. The first kappa shape index (κ1) is 23.5. The first-order chi connectivity index (χ1) is 15.8. The number of nitrogens with zero attached hydrogens (tertiary/aromatic N) is 4. The molecular weight excluding hydrogens is 415 g/mol. The second-order valence-electron chi connectivity index (χ2n) is 9.54. The Balaban J connectivity index is 1.75. The molecule has 0 spiro atoms. The molecule has 0 saturated carbocycles. The van der Waals surface area contributed by atoms with Crippen molar-refractivity contribution in [2.45, 2.75) is 33.7 Å². The Labute approximate surface area is 196 Å². The Hall–Kier alpha value is -2.64. The van der Waals surface area contributed by atoms with Crippen molar-refractivity contribution >= 4 is 22.7 Å². The third-order valence-electron chi connectivity index (χ3n) is 6.31. The lowest BCUT2D eigenvalue weighted by Crippen LogP contribution is -2.44. The number of halogens is 1. The molecule has 0 radical (unpaired) electrons. The number of aryl methyl sites for hydroxylation is 3. The summed E-state index contributed by atoms with van der Waals surface area (Å²) in [5.41, 5.74) is 6.91. The number of aromatic nitrogens is 2. The van der Waals surface area contributed by atoms with Gasteiger partial charge >= 0.3 is 0 Å². The van der Waals surface area contributed by atoms with E-state index < -0.39 is 0 Å². The van der Waals surface area contributed by atoms with E-state index in [1.807, 2.05) is 26.0 Å². The molecule has 0 atom stereocenters. The van der Waals surface area contributed by atoms with Crippen molar-refractivity contribution in [1.29, 1.82) is 0 Å². The van der Waals surface area contributed by atoms with Gasteiger partial charge in [-0.2, -0.15) is 0 Å². The Kier molecular flexibility index (Phi) is 7.20. The van der Waals surface area contributed by atoms with Crippen molar-refractivity contribution in [2.24, 2.45) is 0 Å². The topological polar surface area (TPSA) is 48.4 Å². The molecule has 1 saturated heterocycles. The van der Waals surface area contributed by atoms with Crippen LogP contribution in [0.5, 0.6) is 0 Å². The zero-order valence-corrected chi connectivity index (χ0v) is 20.6. The van der Waals surface area contributed by atoms with Crippen LogP contribution in [0.4, 0.5) is 16.0 Å². The molecule has 0 unspecified atom stereocenters. The molecule has 4 rings (SSSR count). The highest BCUT2D eigenvalue weighted by Gasteiger charge is 2.21. The van der Waals surface area contributed by atoms with Gasteiger partial charge in [0.2, 0.25) is 5.95 Å². The van der Waals surface area contributed by atoms with E-state index in [9.17, 15) is 4.39 Å². The van der Waals surface area contributed by atoms with Crippen molar-refractivity contribution in [1.82, 2.24) is 19.8 Å². The number of rotatable bonds is 8. The summed E-state index contributed by atoms with van der Waals surface area (Å²) >= 11 is 0. The highest BCUT2D eigenvalue weighted by Crippen LogP contribution is 2.31. The van der Waals surface area contributed by atoms with Crippen LogP contribution < -0.4 is 15.5 Å². The van der Waals surface area contributed by atoms with Crippen molar-refractivity contribution in [3.63, 3.8) is 0 Å². The standard InChI is InChI=1S/C26H37FN6/c1-18-13-22(29-7-6-10-31(4)5)25-23(14-18)33(26(30-25)32-11-8-28-9-12-32)17-21-15-19(2)24(27)20(3)16-21/h13-16,28-29H,6-12,17H2,1-5H3. The normalized spacial score (nSPS) is 14.5. The molecule has 2 N–H and O–H groups in total. The van der Waals surface area contributed by atoms with E-state index in [4.69, 9.17) is 4.98 Å². The second-order valence-corrected chi connectivity index (χ2v) is 9.54. The molecule has 1 aliphatic rings. The monoisotopic (exact) mass is 452 g/mol. The molecule has 0 bridgehead atoms. The van der Waals surface area contributed by atoms with E-state index in [-0.39, 0.29) is 5.82 Å². The summed E-state index contributed by atoms with van der Waals surface area (Å²) in [5.74, 6) is 0.879. The molecule has 0 aliphatic carbocycles. The lowest BCUT2D eigenvalue weighted by Gasteiger charge is -2.29. The fourth-order valence-corrected chi connectivity index (χ4v) is 4.68. The highest BCUT2D eigenvalue weighted by molar-refractivity contribution is 5.91. The van der Waals surface area contributed by atoms with E-state index in [2.05, 4.69) is 58.2 Å². The average Bonchev–Trinajstić information content (AvgIpc) is 3.13. The third-order valence-corrected chi connectivity index (χ3v) is 6.31. The highest BCUT2D eigenvalue weighted by atomic mass is 19.1. The molecule has 33 heavy (non-hydrogen) atoms. The smallest absolute Gasteiger partial charge is 0.207 e. The van der Waals surface area contributed by atoms with E-state index in [1.54, 1.807) is 0 Å². The van der Waals surface area contributed by atoms with E-state index >= 15 is 0 Å². The first-order valence-electron chi connectivity index (χ1n) is 11.9. The summed E-state index contributed by atoms with van der Waals surface area (Å²) in [6.45, 7) is 12.2. The molecule has 0 amide bonds. The van der Waals surface area contributed by atoms with Gasteiger partial charge in [0.15, 0.2) is 0 Å². The largest absolute Gasteiger partial charge is 0.383 e. The Morgan fingerprint density at radius 2 is 1.76 bits per heavy atom. The lowest BCUT2D eigenvalue weighted by molar-refractivity contribution is 0.405. The van der Waals surface area contributed by atoms with Crippen LogP contribution in [0.1, 0.15) is 28.7 Å². The molecule has 178 valence electrons. The fourth-order valence-electron chi connectivity index (χ4n) is 4.68. The summed E-state index contributed by atoms with van der Waals surface area (Å²) < 4.78 is 16.6. The summed E-state index contributed by atoms with van der Waals surface area (Å²) in [5, 5.41) is 7.07. The Morgan fingerprint density at radius 1 is 1.06 bits per heavy atom. The number of nitrogens with one attached hydrogen (secondary N) is 2. The van der Waals surface area contributed by atoms with Gasteiger partial charge in [0.05, 0.1) is 17.7 Å². The summed E-state index contributed by atoms with van der Waals surface area (Å²) in [6.07, 6.45) is 1.07. The fraction of sp³-hybridized carbons (Fsp3) is 0.500. The van der Waals surface area contributed by atoms with Gasteiger partial charge < -0.3 is 25.0 Å². The molecular formula is C26H37FN6. The Morgan fingerprint density at radius 3 is 2.42 bits per heavy atom. The van der Waals surface area contributed by atoms with Gasteiger partial charge in [-0.1, -0.05) is 12.1 Å². The van der Waals surface area contributed by atoms with Gasteiger partial charge in [0.25, 0.3) is 0 Å². The number of benzene rings is 2. The zero-order chi connectivity index (χ0) is 23.5. The van der Waals surface area contributed by atoms with E-state index in [0.717, 1.165) is 73.9 Å². The number of hydrogen-bond acceptors (Lipinski definition) is 5. The summed E-state index contributed by atoms with van der Waals surface area (Å²) in [7, 11) is 4.20. The molecule has 6 nitrogen and oxygen atoms in total. The zero-order valence-electron chi connectivity index (χ0n) is 20.6. The summed E-state index contributed by atoms with van der Waals surface area (Å²) in [4.78, 5) is 9.74. The van der Waals surface area contributed by atoms with Crippen molar-refractivity contribution in [3.8, 4) is 0 Å². The van der Waals surface area contributed by atoms with Crippen LogP contribution in [0.25, 0.3) is 11.0 Å². The molecule has 2 aromatic carbocycles.